The Labute approximate surface area is 208 Å². The Morgan fingerprint density at radius 3 is 2.53 bits per heavy atom. The molecule has 2 bridgehead atoms. The molecule has 1 heterocycles. The van der Waals surface area contributed by atoms with E-state index in [1.54, 1.807) is 12.2 Å². The monoisotopic (exact) mass is 523 g/mol. The van der Waals surface area contributed by atoms with Crippen LogP contribution in [0.2, 0.25) is 0 Å². The first-order chi connectivity index (χ1) is 16.2. The van der Waals surface area contributed by atoms with Gasteiger partial charge in [0.25, 0.3) is 5.91 Å². The van der Waals surface area contributed by atoms with Crippen LogP contribution in [0.3, 0.4) is 0 Å². The number of carbonyl (C=O) groups is 2. The summed E-state index contributed by atoms with van der Waals surface area (Å²) in [6.45, 7) is 9.60. The number of aromatic nitrogens is 1. The molecular formula is C27H30BrN3O3. The van der Waals surface area contributed by atoms with E-state index in [1.165, 1.54) is 0 Å². The van der Waals surface area contributed by atoms with Gasteiger partial charge in [0.05, 0.1) is 27.7 Å². The molecule has 0 saturated heterocycles. The van der Waals surface area contributed by atoms with Crippen molar-refractivity contribution in [1.29, 1.82) is 0 Å². The second kappa shape index (κ2) is 9.12. The van der Waals surface area contributed by atoms with Crippen molar-refractivity contribution in [3.05, 3.63) is 70.9 Å². The van der Waals surface area contributed by atoms with Crippen LogP contribution in [0.15, 0.2) is 54.1 Å². The fourth-order valence-electron chi connectivity index (χ4n) is 5.77. The second-order valence-corrected chi connectivity index (χ2v) is 10.3. The number of carbonyl (C=O) groups excluding carboxylic acids is 1. The Morgan fingerprint density at radius 2 is 1.94 bits per heavy atom. The Balaban J connectivity index is 1.81. The van der Waals surface area contributed by atoms with Gasteiger partial charge in [0, 0.05) is 15.9 Å². The molecular weight excluding hydrogens is 494 g/mol. The number of amides is 1. The number of halogens is 1. The number of carboxylic acid groups (broad SMARTS) is 1. The molecule has 0 aliphatic heterocycles. The molecule has 1 aromatic heterocycles. The SMILES string of the molecule is C=C/C=C(\C=C)c1nc2ccc(Br)cc2c(C(=O)NC23CCC(C(=O)O)(CC2)CC3NC)c1C. The molecule has 34 heavy (non-hydrogen) atoms. The summed E-state index contributed by atoms with van der Waals surface area (Å²) in [5, 5.41) is 17.3. The quantitative estimate of drug-likeness (QED) is 0.435. The van der Waals surface area contributed by atoms with Gasteiger partial charge in [-0.05, 0) is 75.4 Å². The fourth-order valence-corrected chi connectivity index (χ4v) is 6.13. The molecule has 6 nitrogen and oxygen atoms in total. The first kappa shape index (κ1) is 24.4. The topological polar surface area (TPSA) is 91.3 Å². The number of rotatable bonds is 7. The number of aliphatic carboxylic acids is 1. The summed E-state index contributed by atoms with van der Waals surface area (Å²) in [6, 6.07) is 5.61. The minimum Gasteiger partial charge on any atom is -0.481 e. The van der Waals surface area contributed by atoms with Gasteiger partial charge in [-0.15, -0.1) is 0 Å². The fraction of sp³-hybridized carbons (Fsp3) is 0.370. The van der Waals surface area contributed by atoms with E-state index in [4.69, 9.17) is 4.98 Å². The molecule has 0 spiro atoms. The van der Waals surface area contributed by atoms with Gasteiger partial charge in [0.1, 0.15) is 0 Å². The Morgan fingerprint density at radius 1 is 1.24 bits per heavy atom. The predicted molar refractivity (Wildman–Crippen MR) is 139 cm³/mol. The number of hydrogen-bond acceptors (Lipinski definition) is 4. The van der Waals surface area contributed by atoms with Gasteiger partial charge < -0.3 is 15.7 Å². The molecule has 0 radical (unpaired) electrons. The minimum atomic E-state index is -0.733. The van der Waals surface area contributed by atoms with E-state index in [2.05, 4.69) is 39.7 Å². The predicted octanol–water partition coefficient (Wildman–Crippen LogP) is 5.17. The normalized spacial score (nSPS) is 26.3. The summed E-state index contributed by atoms with van der Waals surface area (Å²) in [6.07, 6.45) is 8.12. The van der Waals surface area contributed by atoms with Gasteiger partial charge in [-0.1, -0.05) is 47.3 Å². The van der Waals surface area contributed by atoms with E-state index < -0.39 is 16.9 Å². The number of carboxylic acids is 1. The van der Waals surface area contributed by atoms with Crippen LogP contribution in [0.4, 0.5) is 0 Å². The van der Waals surface area contributed by atoms with Crippen molar-refractivity contribution in [1.82, 2.24) is 15.6 Å². The van der Waals surface area contributed by atoms with E-state index in [-0.39, 0.29) is 11.9 Å². The molecule has 1 aromatic carbocycles. The third-order valence-electron chi connectivity index (χ3n) is 7.73. The van der Waals surface area contributed by atoms with Gasteiger partial charge in [0.2, 0.25) is 0 Å². The second-order valence-electron chi connectivity index (χ2n) is 9.42. The highest BCUT2D eigenvalue weighted by atomic mass is 79.9. The molecule has 5 rings (SSSR count). The Kier molecular flexibility index (Phi) is 6.53. The van der Waals surface area contributed by atoms with E-state index in [9.17, 15) is 14.7 Å². The molecule has 3 fully saturated rings. The zero-order chi connectivity index (χ0) is 24.7. The first-order valence-corrected chi connectivity index (χ1v) is 12.3. The lowest BCUT2D eigenvalue weighted by Gasteiger charge is -2.56. The van der Waals surface area contributed by atoms with Gasteiger partial charge in [-0.3, -0.25) is 9.59 Å². The number of hydrogen-bond donors (Lipinski definition) is 3. The van der Waals surface area contributed by atoms with Crippen molar-refractivity contribution in [2.24, 2.45) is 5.41 Å². The Bertz CT molecular complexity index is 1230. The number of pyridine rings is 1. The van der Waals surface area contributed by atoms with Crippen LogP contribution in [-0.4, -0.2) is 40.6 Å². The summed E-state index contributed by atoms with van der Waals surface area (Å²) in [4.78, 5) is 30.8. The smallest absolute Gasteiger partial charge is 0.309 e. The largest absolute Gasteiger partial charge is 0.481 e. The molecule has 3 aliphatic carbocycles. The highest BCUT2D eigenvalue weighted by molar-refractivity contribution is 9.10. The van der Waals surface area contributed by atoms with E-state index in [1.807, 2.05) is 38.2 Å². The molecule has 3 aliphatic rings. The lowest BCUT2D eigenvalue weighted by atomic mass is 9.55. The van der Waals surface area contributed by atoms with Crippen LogP contribution in [0.25, 0.3) is 16.5 Å². The number of benzene rings is 1. The van der Waals surface area contributed by atoms with Gasteiger partial charge >= 0.3 is 5.97 Å². The van der Waals surface area contributed by atoms with Crippen molar-refractivity contribution in [2.75, 3.05) is 7.05 Å². The van der Waals surface area contributed by atoms with Gasteiger partial charge in [-0.25, -0.2) is 4.98 Å². The third kappa shape index (κ3) is 3.91. The number of likely N-dealkylation sites (N-methyl/N-ethyl adjacent to an activating group) is 1. The molecule has 1 atom stereocenters. The highest BCUT2D eigenvalue weighted by Gasteiger charge is 2.58. The summed E-state index contributed by atoms with van der Waals surface area (Å²) < 4.78 is 0.862. The van der Waals surface area contributed by atoms with Crippen molar-refractivity contribution in [2.45, 2.75) is 50.6 Å². The maximum atomic E-state index is 14.0. The van der Waals surface area contributed by atoms with Gasteiger partial charge in [-0.2, -0.15) is 0 Å². The molecule has 1 amide bonds. The molecule has 178 valence electrons. The zero-order valence-electron chi connectivity index (χ0n) is 19.6. The summed E-state index contributed by atoms with van der Waals surface area (Å²) in [5.74, 6) is -0.903. The van der Waals surface area contributed by atoms with Crippen molar-refractivity contribution in [3.8, 4) is 0 Å². The summed E-state index contributed by atoms with van der Waals surface area (Å²) in [7, 11) is 1.84. The lowest BCUT2D eigenvalue weighted by Crippen LogP contribution is -2.69. The maximum absolute atomic E-state index is 14.0. The van der Waals surface area contributed by atoms with Crippen molar-refractivity contribution >= 4 is 44.3 Å². The van der Waals surface area contributed by atoms with E-state index in [0.717, 1.165) is 21.0 Å². The molecule has 1 unspecified atom stereocenters. The first-order valence-electron chi connectivity index (χ1n) is 11.5. The lowest BCUT2D eigenvalue weighted by molar-refractivity contribution is -0.158. The number of allylic oxidation sites excluding steroid dienone is 4. The van der Waals surface area contributed by atoms with E-state index >= 15 is 0 Å². The van der Waals surface area contributed by atoms with Crippen molar-refractivity contribution in [3.63, 3.8) is 0 Å². The Hall–Kier alpha value is -2.77. The highest BCUT2D eigenvalue weighted by Crippen LogP contribution is 2.52. The summed E-state index contributed by atoms with van der Waals surface area (Å²) >= 11 is 3.53. The van der Waals surface area contributed by atoms with E-state index in [0.29, 0.717) is 48.9 Å². The molecule has 7 heteroatoms. The van der Waals surface area contributed by atoms with Crippen LogP contribution in [0.1, 0.15) is 53.7 Å². The van der Waals surface area contributed by atoms with Crippen LogP contribution < -0.4 is 10.6 Å². The summed E-state index contributed by atoms with van der Waals surface area (Å²) in [5.41, 5.74) is 2.34. The minimum absolute atomic E-state index is 0.112. The zero-order valence-corrected chi connectivity index (χ0v) is 21.2. The van der Waals surface area contributed by atoms with Crippen LogP contribution in [0, 0.1) is 12.3 Å². The maximum Gasteiger partial charge on any atom is 0.309 e. The van der Waals surface area contributed by atoms with Gasteiger partial charge in [0.15, 0.2) is 0 Å². The standard InChI is InChI=1S/C27H30BrN3O3/c1-5-7-17(6-2)23-16(3)22(19-14-18(28)8-9-20(19)30-23)24(32)31-27-12-10-26(11-13-27,25(33)34)15-21(27)29-4/h5-9,14,21,29H,1-2,10-13,15H2,3-4H3,(H,31,32)(H,33,34)/b17-7+. The average molecular weight is 524 g/mol. The molecule has 2 aromatic rings. The third-order valence-corrected chi connectivity index (χ3v) is 8.23. The molecule has 3 N–H and O–H groups in total. The average Bonchev–Trinajstić information content (AvgIpc) is 2.82. The van der Waals surface area contributed by atoms with Crippen LogP contribution >= 0.6 is 15.9 Å². The number of nitrogens with zero attached hydrogens (tertiary/aromatic N) is 1. The number of nitrogens with one attached hydrogen (secondary N) is 2. The van der Waals surface area contributed by atoms with Crippen molar-refractivity contribution < 1.29 is 14.7 Å². The van der Waals surface area contributed by atoms with Crippen LogP contribution in [-0.2, 0) is 4.79 Å². The molecule has 3 saturated carbocycles. The van der Waals surface area contributed by atoms with Crippen LogP contribution in [0.5, 0.6) is 0 Å². The number of fused-ring (bicyclic) bond motifs is 4.